The molecule has 0 bridgehead atoms. The van der Waals surface area contributed by atoms with Gasteiger partial charge in [0, 0.05) is 32.0 Å². The highest BCUT2D eigenvalue weighted by Crippen LogP contribution is 2.21. The number of rotatable bonds is 9. The Labute approximate surface area is 177 Å². The third kappa shape index (κ3) is 10.2. The molecule has 0 radical (unpaired) electrons. The fourth-order valence-corrected chi connectivity index (χ4v) is 2.92. The van der Waals surface area contributed by atoms with E-state index in [2.05, 4.69) is 0 Å². The van der Waals surface area contributed by atoms with Crippen molar-refractivity contribution in [2.45, 2.75) is 27.7 Å². The number of anilines is 1. The largest absolute Gasteiger partial charge is 0.480 e. The van der Waals surface area contributed by atoms with Crippen LogP contribution in [0.2, 0.25) is 0 Å². The summed E-state index contributed by atoms with van der Waals surface area (Å²) < 4.78 is 13.6. The number of amides is 1. The highest BCUT2D eigenvalue weighted by Gasteiger charge is 2.20. The lowest BCUT2D eigenvalue weighted by atomic mass is 10.1. The number of carbonyl (C=O) groups is 3. The van der Waals surface area contributed by atoms with E-state index in [1.54, 1.807) is 10.4 Å². The number of likely N-dealkylation sites (N-methyl/N-ethyl adjacent to an activating group) is 2. The first-order valence-corrected chi connectivity index (χ1v) is 11.0. The molecule has 0 aliphatic heterocycles. The van der Waals surface area contributed by atoms with Crippen molar-refractivity contribution >= 4 is 34.8 Å². The van der Waals surface area contributed by atoms with E-state index in [0.29, 0.717) is 25.1 Å². The smallest absolute Gasteiger partial charge is 0.323 e. The van der Waals surface area contributed by atoms with Crippen molar-refractivity contribution < 1.29 is 23.7 Å². The monoisotopic (exact) mass is 429 g/mol. The van der Waals surface area contributed by atoms with Crippen molar-refractivity contribution in [2.75, 3.05) is 51.3 Å². The zero-order valence-electron chi connectivity index (χ0n) is 18.8. The molecule has 0 heterocycles. The van der Waals surface area contributed by atoms with E-state index >= 15 is 0 Å². The first-order chi connectivity index (χ1) is 13.7. The van der Waals surface area contributed by atoms with E-state index in [4.69, 9.17) is 5.11 Å². The summed E-state index contributed by atoms with van der Waals surface area (Å²) in [5.41, 5.74) is 0.791. The molecule has 166 valence electrons. The van der Waals surface area contributed by atoms with Crippen LogP contribution in [0, 0.1) is 0 Å². The molecule has 1 amide bonds. The Morgan fingerprint density at radius 2 is 1.62 bits per heavy atom. The van der Waals surface area contributed by atoms with E-state index in [1.165, 1.54) is 25.4 Å². The fourth-order valence-electron chi connectivity index (χ4n) is 2.17. The fraction of sp³-hybridized carbons (Fsp3) is 0.550. The first kappa shape index (κ1) is 28.9. The van der Waals surface area contributed by atoms with Gasteiger partial charge >= 0.3 is 5.97 Å². The van der Waals surface area contributed by atoms with Gasteiger partial charge in [-0.3, -0.25) is 18.7 Å². The summed E-state index contributed by atoms with van der Waals surface area (Å²) in [7, 11) is 3.85. The minimum atomic E-state index is -1.30. The van der Waals surface area contributed by atoms with Gasteiger partial charge in [-0.1, -0.05) is 27.7 Å². The van der Waals surface area contributed by atoms with Crippen LogP contribution in [-0.4, -0.2) is 84.3 Å². The molecule has 0 saturated heterocycles. The summed E-state index contributed by atoms with van der Waals surface area (Å²) in [6.45, 7) is 8.69. The van der Waals surface area contributed by atoms with Gasteiger partial charge in [-0.05, 0) is 32.3 Å². The Hall–Kier alpha value is -2.26. The van der Waals surface area contributed by atoms with Crippen LogP contribution < -0.4 is 4.31 Å². The molecule has 1 atom stereocenters. The minimum absolute atomic E-state index is 0.108. The minimum Gasteiger partial charge on any atom is -0.480 e. The molecule has 29 heavy (non-hydrogen) atoms. The van der Waals surface area contributed by atoms with Crippen LogP contribution in [0.3, 0.4) is 0 Å². The number of nitrogens with zero attached hydrogens (tertiary/aromatic N) is 3. The quantitative estimate of drug-likeness (QED) is 0.605. The van der Waals surface area contributed by atoms with Crippen molar-refractivity contribution in [1.82, 2.24) is 9.80 Å². The number of hydrogen-bond donors (Lipinski definition) is 1. The van der Waals surface area contributed by atoms with Gasteiger partial charge in [0.1, 0.15) is 17.5 Å². The van der Waals surface area contributed by atoms with Crippen LogP contribution >= 0.6 is 0 Å². The van der Waals surface area contributed by atoms with Crippen molar-refractivity contribution in [3.05, 3.63) is 29.3 Å². The second kappa shape index (κ2) is 15.6. The topological polar surface area (TPSA) is 98.2 Å². The van der Waals surface area contributed by atoms with Crippen molar-refractivity contribution in [2.24, 2.45) is 0 Å². The van der Waals surface area contributed by atoms with E-state index in [0.717, 1.165) is 4.90 Å². The predicted octanol–water partition coefficient (Wildman–Crippen LogP) is 2.37. The molecule has 1 rings (SSSR count). The number of benzene rings is 1. The molecule has 1 N–H and O–H groups in total. The van der Waals surface area contributed by atoms with E-state index < -0.39 is 29.4 Å². The summed E-state index contributed by atoms with van der Waals surface area (Å²) in [4.78, 5) is 37.4. The van der Waals surface area contributed by atoms with Gasteiger partial charge in [-0.2, -0.15) is 0 Å². The number of carboxylic acids is 1. The number of aldehydes is 1. The lowest BCUT2D eigenvalue weighted by Gasteiger charge is -2.24. The van der Waals surface area contributed by atoms with Gasteiger partial charge in [0.25, 0.3) is 5.91 Å². The van der Waals surface area contributed by atoms with Gasteiger partial charge in [-0.15, -0.1) is 0 Å². The zero-order chi connectivity index (χ0) is 23.1. The third-order valence-corrected chi connectivity index (χ3v) is 4.47. The lowest BCUT2D eigenvalue weighted by molar-refractivity contribution is -0.137. The Bertz CT molecular complexity index is 680. The summed E-state index contributed by atoms with van der Waals surface area (Å²) in [5, 5.41) is 8.78. The number of carboxylic acid groups (broad SMARTS) is 1. The molecule has 1 aromatic rings. The molecular weight excluding hydrogens is 394 g/mol. The molecule has 8 nitrogen and oxygen atoms in total. The standard InChI is InChI=1S/C16H23N3O5S.2C2H6/c1-17(2)7-8-19(25(4)24)13-5-6-14(12(9-13)11-20)16(23)18(3)10-15(21)22;2*1-2/h5-6,9,11H,7-8,10H2,1-4H3,(H,21,22);2*1-2H3. The van der Waals surface area contributed by atoms with Gasteiger partial charge in [0.15, 0.2) is 6.29 Å². The number of carbonyl (C=O) groups excluding carboxylic acids is 2. The molecular formula is C20H35N3O5S. The second-order valence-corrected chi connectivity index (χ2v) is 7.06. The van der Waals surface area contributed by atoms with E-state index in [9.17, 15) is 18.6 Å². The SMILES string of the molecule is CC.CC.CN(C)CCN(c1ccc(C(=O)N(C)CC(=O)O)c(C=O)c1)S(C)=O. The highest BCUT2D eigenvalue weighted by molar-refractivity contribution is 7.85. The summed E-state index contributed by atoms with van der Waals surface area (Å²) >= 11 is 0. The van der Waals surface area contributed by atoms with Crippen molar-refractivity contribution in [3.63, 3.8) is 0 Å². The Balaban J connectivity index is 0. The molecule has 1 unspecified atom stereocenters. The predicted molar refractivity (Wildman–Crippen MR) is 119 cm³/mol. The van der Waals surface area contributed by atoms with Gasteiger partial charge in [-0.25, -0.2) is 4.21 Å². The Morgan fingerprint density at radius 1 is 1.07 bits per heavy atom. The van der Waals surface area contributed by atoms with Gasteiger partial charge in [0.2, 0.25) is 0 Å². The molecule has 0 saturated carbocycles. The van der Waals surface area contributed by atoms with Crippen LogP contribution in [0.15, 0.2) is 18.2 Å². The summed E-state index contributed by atoms with van der Waals surface area (Å²) in [6.07, 6.45) is 2.07. The summed E-state index contributed by atoms with van der Waals surface area (Å²) in [5.74, 6) is -1.70. The van der Waals surface area contributed by atoms with Crippen LogP contribution in [0.4, 0.5) is 5.69 Å². The van der Waals surface area contributed by atoms with Crippen molar-refractivity contribution in [1.29, 1.82) is 0 Å². The van der Waals surface area contributed by atoms with E-state index in [1.807, 2.05) is 46.7 Å². The second-order valence-electron chi connectivity index (χ2n) is 5.77. The summed E-state index contributed by atoms with van der Waals surface area (Å²) in [6, 6.07) is 4.55. The molecule has 0 aliphatic rings. The Kier molecular flexibility index (Phi) is 15.6. The zero-order valence-corrected chi connectivity index (χ0v) is 19.6. The number of aliphatic carboxylic acids is 1. The maximum absolute atomic E-state index is 12.3. The average molecular weight is 430 g/mol. The third-order valence-electron chi connectivity index (χ3n) is 3.46. The van der Waals surface area contributed by atoms with E-state index in [-0.39, 0.29) is 11.1 Å². The molecule has 0 fully saturated rings. The lowest BCUT2D eigenvalue weighted by Crippen LogP contribution is -2.34. The molecule has 0 spiro atoms. The molecule has 0 aromatic heterocycles. The average Bonchev–Trinajstić information content (AvgIpc) is 2.69. The number of hydrogen-bond acceptors (Lipinski definition) is 5. The maximum atomic E-state index is 12.3. The van der Waals surface area contributed by atoms with Crippen molar-refractivity contribution in [3.8, 4) is 0 Å². The molecule has 9 heteroatoms. The van der Waals surface area contributed by atoms with Crippen LogP contribution in [0.1, 0.15) is 48.4 Å². The molecule has 1 aromatic carbocycles. The van der Waals surface area contributed by atoms with Crippen LogP contribution in [0.25, 0.3) is 0 Å². The first-order valence-electron chi connectivity index (χ1n) is 9.49. The normalized spacial score (nSPS) is 10.7. The van der Waals surface area contributed by atoms with Gasteiger partial charge in [0.05, 0.1) is 11.3 Å². The van der Waals surface area contributed by atoms with Crippen LogP contribution in [-0.2, 0) is 15.8 Å². The highest BCUT2D eigenvalue weighted by atomic mass is 32.2. The van der Waals surface area contributed by atoms with Gasteiger partial charge < -0.3 is 14.9 Å². The maximum Gasteiger partial charge on any atom is 0.323 e. The van der Waals surface area contributed by atoms with Crippen LogP contribution in [0.5, 0.6) is 0 Å². The molecule has 0 aliphatic carbocycles. The Morgan fingerprint density at radius 3 is 2.03 bits per heavy atom.